The number of unbranched alkanes of at least 4 members (excludes halogenated alkanes) is 11. The van der Waals surface area contributed by atoms with E-state index in [1.165, 1.54) is 57.8 Å². The Bertz CT molecular complexity index is 219. The summed E-state index contributed by atoms with van der Waals surface area (Å²) in [7, 11) is 0. The highest BCUT2D eigenvalue weighted by Gasteiger charge is 2.01. The Kier molecular flexibility index (Phi) is 17.7. The molecular weight excluding hydrogens is 280 g/mol. The molecule has 0 aromatic rings. The van der Waals surface area contributed by atoms with Gasteiger partial charge in [0.15, 0.2) is 0 Å². The Labute approximate surface area is 137 Å². The topological polar surface area (TPSA) is 26.3 Å². The molecule has 0 bridgehead atoms. The van der Waals surface area contributed by atoms with Gasteiger partial charge in [0.25, 0.3) is 0 Å². The van der Waals surface area contributed by atoms with Crippen LogP contribution in [-0.2, 0) is 9.53 Å². The summed E-state index contributed by atoms with van der Waals surface area (Å²) in [5.41, 5.74) is 0. The molecule has 0 saturated carbocycles. The minimum atomic E-state index is -0.00957. The van der Waals surface area contributed by atoms with Gasteiger partial charge in [-0.2, -0.15) is 12.6 Å². The average Bonchev–Trinajstić information content (AvgIpc) is 2.48. The van der Waals surface area contributed by atoms with Crippen molar-refractivity contribution in [3.05, 3.63) is 0 Å². The van der Waals surface area contributed by atoms with Crippen LogP contribution >= 0.6 is 12.6 Å². The number of ether oxygens (including phenoxy) is 1. The Morgan fingerprint density at radius 2 is 1.29 bits per heavy atom. The first kappa shape index (κ1) is 20.8. The SMILES string of the molecule is CCCCCC(=O)OCCCCCCCCCCCCS. The molecule has 2 nitrogen and oxygen atoms in total. The molecule has 0 N–H and O–H groups in total. The molecule has 0 saturated heterocycles. The summed E-state index contributed by atoms with van der Waals surface area (Å²) >= 11 is 4.22. The van der Waals surface area contributed by atoms with E-state index in [2.05, 4.69) is 19.6 Å². The van der Waals surface area contributed by atoms with E-state index >= 15 is 0 Å². The predicted molar refractivity (Wildman–Crippen MR) is 95.1 cm³/mol. The van der Waals surface area contributed by atoms with Crippen molar-refractivity contribution in [1.29, 1.82) is 0 Å². The van der Waals surface area contributed by atoms with Gasteiger partial charge in [0.05, 0.1) is 6.61 Å². The van der Waals surface area contributed by atoms with Gasteiger partial charge in [-0.1, -0.05) is 71.1 Å². The van der Waals surface area contributed by atoms with Crippen molar-refractivity contribution < 1.29 is 9.53 Å². The lowest BCUT2D eigenvalue weighted by atomic mass is 10.1. The number of hydrogen-bond donors (Lipinski definition) is 1. The highest BCUT2D eigenvalue weighted by Crippen LogP contribution is 2.11. The van der Waals surface area contributed by atoms with Crippen molar-refractivity contribution in [2.24, 2.45) is 0 Å². The second-order valence-electron chi connectivity index (χ2n) is 5.94. The summed E-state index contributed by atoms with van der Waals surface area (Å²) in [5, 5.41) is 0. The van der Waals surface area contributed by atoms with Crippen LogP contribution in [0.4, 0.5) is 0 Å². The van der Waals surface area contributed by atoms with E-state index in [0.717, 1.165) is 31.4 Å². The van der Waals surface area contributed by atoms with Crippen LogP contribution in [0.2, 0.25) is 0 Å². The van der Waals surface area contributed by atoms with Gasteiger partial charge in [0.1, 0.15) is 0 Å². The fraction of sp³-hybridized carbons (Fsp3) is 0.944. The molecule has 0 aromatic carbocycles. The zero-order chi connectivity index (χ0) is 15.6. The lowest BCUT2D eigenvalue weighted by Crippen LogP contribution is -2.05. The first-order valence-electron chi connectivity index (χ1n) is 9.07. The monoisotopic (exact) mass is 316 g/mol. The van der Waals surface area contributed by atoms with Gasteiger partial charge in [0.2, 0.25) is 0 Å². The second-order valence-corrected chi connectivity index (χ2v) is 6.38. The van der Waals surface area contributed by atoms with Crippen molar-refractivity contribution in [3.63, 3.8) is 0 Å². The maximum atomic E-state index is 11.4. The van der Waals surface area contributed by atoms with E-state index in [9.17, 15) is 4.79 Å². The van der Waals surface area contributed by atoms with E-state index in [0.29, 0.717) is 13.0 Å². The predicted octanol–water partition coefficient (Wildman–Crippen LogP) is 5.94. The molecular formula is C18H36O2S. The molecule has 126 valence electrons. The van der Waals surface area contributed by atoms with E-state index in [1.54, 1.807) is 0 Å². The number of carbonyl (C=O) groups is 1. The lowest BCUT2D eigenvalue weighted by molar-refractivity contribution is -0.143. The first-order valence-corrected chi connectivity index (χ1v) is 9.71. The summed E-state index contributed by atoms with van der Waals surface area (Å²) in [6.07, 6.45) is 16.8. The van der Waals surface area contributed by atoms with E-state index in [-0.39, 0.29) is 5.97 Å². The van der Waals surface area contributed by atoms with Crippen LogP contribution < -0.4 is 0 Å². The highest BCUT2D eigenvalue weighted by atomic mass is 32.1. The molecule has 0 spiro atoms. The lowest BCUT2D eigenvalue weighted by Gasteiger charge is -2.05. The van der Waals surface area contributed by atoms with E-state index in [1.807, 2.05) is 0 Å². The molecule has 21 heavy (non-hydrogen) atoms. The van der Waals surface area contributed by atoms with Crippen molar-refractivity contribution in [3.8, 4) is 0 Å². The fourth-order valence-electron chi connectivity index (χ4n) is 2.41. The smallest absolute Gasteiger partial charge is 0.305 e. The van der Waals surface area contributed by atoms with Gasteiger partial charge >= 0.3 is 5.97 Å². The van der Waals surface area contributed by atoms with Crippen molar-refractivity contribution in [2.75, 3.05) is 12.4 Å². The molecule has 3 heteroatoms. The fourth-order valence-corrected chi connectivity index (χ4v) is 2.63. The van der Waals surface area contributed by atoms with Crippen molar-refractivity contribution >= 4 is 18.6 Å². The zero-order valence-corrected chi connectivity index (χ0v) is 15.0. The summed E-state index contributed by atoms with van der Waals surface area (Å²) < 4.78 is 5.23. The highest BCUT2D eigenvalue weighted by molar-refractivity contribution is 7.80. The zero-order valence-electron chi connectivity index (χ0n) is 14.1. The average molecular weight is 317 g/mol. The Morgan fingerprint density at radius 3 is 1.81 bits per heavy atom. The van der Waals surface area contributed by atoms with Crippen LogP contribution in [0.15, 0.2) is 0 Å². The number of esters is 1. The third-order valence-electron chi connectivity index (χ3n) is 3.80. The Morgan fingerprint density at radius 1 is 0.762 bits per heavy atom. The quantitative estimate of drug-likeness (QED) is 0.217. The number of carbonyl (C=O) groups excluding carboxylic acids is 1. The first-order chi connectivity index (χ1) is 10.3. The molecule has 0 rings (SSSR count). The molecule has 0 aromatic heterocycles. The maximum Gasteiger partial charge on any atom is 0.305 e. The van der Waals surface area contributed by atoms with E-state index in [4.69, 9.17) is 4.74 Å². The standard InChI is InChI=1S/C18H36O2S/c1-2-3-12-15-18(19)20-16-13-10-8-6-4-5-7-9-11-14-17-21/h21H,2-17H2,1H3. The minimum Gasteiger partial charge on any atom is -0.466 e. The van der Waals surface area contributed by atoms with Crippen molar-refractivity contribution in [2.45, 2.75) is 96.8 Å². The van der Waals surface area contributed by atoms with Crippen LogP contribution in [0, 0.1) is 0 Å². The molecule has 0 atom stereocenters. The Balaban J connectivity index is 3.06. The number of hydrogen-bond acceptors (Lipinski definition) is 3. The molecule has 0 radical (unpaired) electrons. The molecule has 0 heterocycles. The normalized spacial score (nSPS) is 10.8. The number of rotatable bonds is 16. The van der Waals surface area contributed by atoms with Crippen LogP contribution in [0.5, 0.6) is 0 Å². The van der Waals surface area contributed by atoms with Gasteiger partial charge < -0.3 is 4.74 Å². The molecule has 0 fully saturated rings. The second kappa shape index (κ2) is 17.9. The molecule has 0 unspecified atom stereocenters. The molecule has 0 aliphatic rings. The summed E-state index contributed by atoms with van der Waals surface area (Å²) in [6, 6.07) is 0. The van der Waals surface area contributed by atoms with Gasteiger partial charge in [0, 0.05) is 6.42 Å². The summed E-state index contributed by atoms with van der Waals surface area (Å²) in [4.78, 5) is 11.4. The van der Waals surface area contributed by atoms with Crippen LogP contribution in [0.25, 0.3) is 0 Å². The minimum absolute atomic E-state index is 0.00957. The molecule has 0 aliphatic carbocycles. The van der Waals surface area contributed by atoms with Gasteiger partial charge in [-0.3, -0.25) is 4.79 Å². The third kappa shape index (κ3) is 17.8. The van der Waals surface area contributed by atoms with Gasteiger partial charge in [-0.15, -0.1) is 0 Å². The van der Waals surface area contributed by atoms with Gasteiger partial charge in [-0.25, -0.2) is 0 Å². The summed E-state index contributed by atoms with van der Waals surface area (Å²) in [6.45, 7) is 2.77. The molecule has 0 aliphatic heterocycles. The van der Waals surface area contributed by atoms with Crippen LogP contribution in [-0.4, -0.2) is 18.3 Å². The van der Waals surface area contributed by atoms with Crippen LogP contribution in [0.1, 0.15) is 96.8 Å². The largest absolute Gasteiger partial charge is 0.466 e. The third-order valence-corrected chi connectivity index (χ3v) is 4.12. The maximum absolute atomic E-state index is 11.4. The summed E-state index contributed by atoms with van der Waals surface area (Å²) in [5.74, 6) is 1.02. The molecule has 0 amide bonds. The Hall–Kier alpha value is -0.180. The van der Waals surface area contributed by atoms with Crippen LogP contribution in [0.3, 0.4) is 0 Å². The van der Waals surface area contributed by atoms with Crippen molar-refractivity contribution in [1.82, 2.24) is 0 Å². The van der Waals surface area contributed by atoms with E-state index < -0.39 is 0 Å². The van der Waals surface area contributed by atoms with Gasteiger partial charge in [-0.05, 0) is 25.0 Å². The number of thiol groups is 1.